The predicted molar refractivity (Wildman–Crippen MR) is 148 cm³/mol. The molecule has 5 rings (SSSR count). The Kier molecular flexibility index (Phi) is 9.46. The molecule has 1 aliphatic rings. The molecule has 0 unspecified atom stereocenters. The van der Waals surface area contributed by atoms with E-state index < -0.39 is 6.29 Å². The van der Waals surface area contributed by atoms with E-state index in [0.717, 1.165) is 27.6 Å². The summed E-state index contributed by atoms with van der Waals surface area (Å²) in [5.74, 6) is 0.155. The molecule has 3 N–H and O–H groups in total. The van der Waals surface area contributed by atoms with Gasteiger partial charge in [-0.05, 0) is 37.6 Å². The predicted octanol–water partition coefficient (Wildman–Crippen LogP) is 4.02. The summed E-state index contributed by atoms with van der Waals surface area (Å²) >= 11 is 0. The van der Waals surface area contributed by atoms with Gasteiger partial charge in [-0.15, -0.1) is 0 Å². The van der Waals surface area contributed by atoms with Crippen LogP contribution in [0, 0.1) is 5.92 Å². The van der Waals surface area contributed by atoms with Gasteiger partial charge in [0.05, 0.1) is 50.3 Å². The summed E-state index contributed by atoms with van der Waals surface area (Å²) in [7, 11) is 0. The summed E-state index contributed by atoms with van der Waals surface area (Å²) in [5.41, 5.74) is 3.49. The Bertz CT molecular complexity index is 1400. The number of rotatable bonds is 14. The van der Waals surface area contributed by atoms with Crippen molar-refractivity contribution in [3.8, 4) is 0 Å². The molecule has 0 fully saturated rings. The van der Waals surface area contributed by atoms with Gasteiger partial charge < -0.3 is 38.8 Å². The number of H-pyrrole nitrogens is 1. The number of carbonyl (C=O) groups is 1. The summed E-state index contributed by atoms with van der Waals surface area (Å²) in [4.78, 5) is 21.1. The van der Waals surface area contributed by atoms with E-state index in [9.17, 15) is 4.79 Å². The van der Waals surface area contributed by atoms with E-state index >= 15 is 0 Å². The SMILES string of the molecule is CCO[C@H]1OC(C(=O)NCc2nc3ccccc3[nH]2)=C[C@@H](c2coc3ccccc23)[C@@H]1CCOCCOCCO. The molecule has 0 spiro atoms. The number of hydrogen-bond acceptors (Lipinski definition) is 8. The second kappa shape index (κ2) is 13.6. The first kappa shape index (κ1) is 27.9. The first-order chi connectivity index (χ1) is 19.7. The highest BCUT2D eigenvalue weighted by Crippen LogP contribution is 2.42. The van der Waals surface area contributed by atoms with Gasteiger partial charge in [0.1, 0.15) is 11.4 Å². The van der Waals surface area contributed by atoms with Crippen LogP contribution in [-0.2, 0) is 30.3 Å². The van der Waals surface area contributed by atoms with Crippen LogP contribution >= 0.6 is 0 Å². The molecule has 40 heavy (non-hydrogen) atoms. The molecule has 0 saturated carbocycles. The summed E-state index contributed by atoms with van der Waals surface area (Å²) in [6, 6.07) is 15.6. The van der Waals surface area contributed by atoms with Gasteiger partial charge in [-0.25, -0.2) is 4.98 Å². The van der Waals surface area contributed by atoms with Crippen molar-refractivity contribution >= 4 is 27.9 Å². The lowest BCUT2D eigenvalue weighted by molar-refractivity contribution is -0.168. The van der Waals surface area contributed by atoms with Gasteiger partial charge in [0.15, 0.2) is 5.76 Å². The zero-order valence-electron chi connectivity index (χ0n) is 22.5. The van der Waals surface area contributed by atoms with Gasteiger partial charge in [-0.1, -0.05) is 30.3 Å². The molecule has 0 aliphatic carbocycles. The number of nitrogens with zero attached hydrogens (tertiary/aromatic N) is 1. The number of fused-ring (bicyclic) bond motifs is 2. The highest BCUT2D eigenvalue weighted by Gasteiger charge is 2.39. The normalized spacial score (nSPS) is 19.1. The number of aromatic nitrogens is 2. The number of aromatic amines is 1. The van der Waals surface area contributed by atoms with Gasteiger partial charge >= 0.3 is 0 Å². The van der Waals surface area contributed by atoms with Crippen LogP contribution in [0.3, 0.4) is 0 Å². The minimum Gasteiger partial charge on any atom is -0.464 e. The molecule has 0 radical (unpaired) electrons. The van der Waals surface area contributed by atoms with Crippen molar-refractivity contribution in [3.05, 3.63) is 78.0 Å². The molecule has 3 atom stereocenters. The molecular formula is C30H35N3O7. The van der Waals surface area contributed by atoms with Crippen LogP contribution in [0.4, 0.5) is 0 Å². The van der Waals surface area contributed by atoms with E-state index in [2.05, 4.69) is 15.3 Å². The number of imidazole rings is 1. The average Bonchev–Trinajstić information content (AvgIpc) is 3.60. The number of aliphatic hydroxyl groups is 1. The molecule has 212 valence electrons. The lowest BCUT2D eigenvalue weighted by Crippen LogP contribution is -2.39. The van der Waals surface area contributed by atoms with E-state index in [1.54, 1.807) is 6.26 Å². The average molecular weight is 550 g/mol. The number of benzene rings is 2. The Morgan fingerprint density at radius 2 is 1.88 bits per heavy atom. The molecule has 0 saturated heterocycles. The highest BCUT2D eigenvalue weighted by atomic mass is 16.7. The molecule has 3 heterocycles. The number of carbonyl (C=O) groups excluding carboxylic acids is 1. The minimum atomic E-state index is -0.658. The first-order valence-electron chi connectivity index (χ1n) is 13.6. The van der Waals surface area contributed by atoms with Crippen LogP contribution in [-0.4, -0.2) is 66.9 Å². The van der Waals surface area contributed by atoms with Crippen LogP contribution in [0.1, 0.15) is 30.7 Å². The molecular weight excluding hydrogens is 514 g/mol. The van der Waals surface area contributed by atoms with Crippen molar-refractivity contribution in [2.45, 2.75) is 32.1 Å². The maximum Gasteiger partial charge on any atom is 0.286 e. The maximum absolute atomic E-state index is 13.3. The number of furan rings is 1. The zero-order valence-corrected chi connectivity index (χ0v) is 22.5. The molecule has 2 aromatic carbocycles. The number of amides is 1. The van der Waals surface area contributed by atoms with Crippen LogP contribution in [0.25, 0.3) is 22.0 Å². The van der Waals surface area contributed by atoms with Gasteiger partial charge in [-0.3, -0.25) is 4.79 Å². The van der Waals surface area contributed by atoms with E-state index in [0.29, 0.717) is 38.7 Å². The monoisotopic (exact) mass is 549 g/mol. The lowest BCUT2D eigenvalue weighted by Gasteiger charge is -2.36. The van der Waals surface area contributed by atoms with Crippen molar-refractivity contribution in [1.82, 2.24) is 15.3 Å². The number of para-hydroxylation sites is 3. The van der Waals surface area contributed by atoms with E-state index in [-0.39, 0.29) is 43.3 Å². The smallest absolute Gasteiger partial charge is 0.286 e. The Balaban J connectivity index is 1.35. The number of hydrogen-bond donors (Lipinski definition) is 3. The topological polar surface area (TPSA) is 128 Å². The van der Waals surface area contributed by atoms with E-state index in [4.69, 9.17) is 28.5 Å². The fraction of sp³-hybridized carbons (Fsp3) is 0.400. The zero-order chi connectivity index (χ0) is 27.7. The molecule has 0 bridgehead atoms. The third-order valence-electron chi connectivity index (χ3n) is 6.87. The second-order valence-corrected chi connectivity index (χ2v) is 9.47. The highest BCUT2D eigenvalue weighted by molar-refractivity contribution is 5.92. The summed E-state index contributed by atoms with van der Waals surface area (Å²) in [5, 5.41) is 12.8. The standard InChI is InChI=1S/C30H35N3O7/c1-2-38-30-21(11-13-36-15-16-37-14-12-34)22(23-19-39-26-10-6-3-7-20(23)26)17-27(40-30)29(35)31-18-28-32-24-8-4-5-9-25(24)33-28/h3-10,17,19,21-22,30,34H,2,11-16,18H2,1H3,(H,31,35)(H,32,33)/t21-,22+,30-/m0/s1. The molecule has 1 aliphatic heterocycles. The Morgan fingerprint density at radius 3 is 2.70 bits per heavy atom. The Hall–Kier alpha value is -3.70. The van der Waals surface area contributed by atoms with Gasteiger partial charge in [0.25, 0.3) is 5.91 Å². The van der Waals surface area contributed by atoms with E-state index in [1.807, 2.05) is 61.5 Å². The van der Waals surface area contributed by atoms with Crippen molar-refractivity contribution in [3.63, 3.8) is 0 Å². The fourth-order valence-corrected chi connectivity index (χ4v) is 5.00. The molecule has 2 aromatic heterocycles. The summed E-state index contributed by atoms with van der Waals surface area (Å²) in [6.45, 7) is 4.08. The third kappa shape index (κ3) is 6.53. The summed E-state index contributed by atoms with van der Waals surface area (Å²) < 4.78 is 29.1. The number of ether oxygens (including phenoxy) is 4. The van der Waals surface area contributed by atoms with Crippen molar-refractivity contribution in [1.29, 1.82) is 0 Å². The maximum atomic E-state index is 13.3. The molecule has 10 nitrogen and oxygen atoms in total. The molecule has 4 aromatic rings. The van der Waals surface area contributed by atoms with Gasteiger partial charge in [0.2, 0.25) is 6.29 Å². The number of nitrogens with one attached hydrogen (secondary N) is 2. The van der Waals surface area contributed by atoms with Crippen molar-refractivity contribution < 1.29 is 33.3 Å². The quantitative estimate of drug-likeness (QED) is 0.201. The van der Waals surface area contributed by atoms with Crippen molar-refractivity contribution in [2.24, 2.45) is 5.92 Å². The third-order valence-corrected chi connectivity index (χ3v) is 6.87. The first-order valence-corrected chi connectivity index (χ1v) is 13.6. The van der Waals surface area contributed by atoms with Crippen LogP contribution in [0.15, 0.2) is 71.0 Å². The number of allylic oxidation sites excluding steroid dienone is 1. The van der Waals surface area contributed by atoms with E-state index in [1.165, 1.54) is 0 Å². The van der Waals surface area contributed by atoms with Crippen LogP contribution in [0.2, 0.25) is 0 Å². The second-order valence-electron chi connectivity index (χ2n) is 9.47. The Morgan fingerprint density at radius 1 is 1.07 bits per heavy atom. The lowest BCUT2D eigenvalue weighted by atomic mass is 9.81. The fourth-order valence-electron chi connectivity index (χ4n) is 5.00. The molecule has 10 heteroatoms. The minimum absolute atomic E-state index is 0.0176. The number of aliphatic hydroxyl groups excluding tert-OH is 1. The van der Waals surface area contributed by atoms with Gasteiger partial charge in [-0.2, -0.15) is 0 Å². The molecule has 1 amide bonds. The summed E-state index contributed by atoms with van der Waals surface area (Å²) in [6.07, 6.45) is 3.57. The van der Waals surface area contributed by atoms with Crippen LogP contribution < -0.4 is 5.32 Å². The van der Waals surface area contributed by atoms with Crippen LogP contribution in [0.5, 0.6) is 0 Å². The largest absolute Gasteiger partial charge is 0.464 e. The Labute approximate surface area is 232 Å². The van der Waals surface area contributed by atoms with Gasteiger partial charge in [0, 0.05) is 36.0 Å². The van der Waals surface area contributed by atoms with Crippen molar-refractivity contribution in [2.75, 3.05) is 39.6 Å².